The number of rotatable bonds is 2. The van der Waals surface area contributed by atoms with Gasteiger partial charge in [0.15, 0.2) is 0 Å². The molecule has 0 atom stereocenters. The van der Waals surface area contributed by atoms with Crippen LogP contribution in [0, 0.1) is 34.0 Å². The van der Waals surface area contributed by atoms with Gasteiger partial charge in [-0.1, -0.05) is 36.4 Å². The molecular weight excluding hydrogens is 284 g/mol. The average Bonchev–Trinajstić information content (AvgIpc) is 2.58. The maximum Gasteiger partial charge on any atom is 0.136 e. The summed E-state index contributed by atoms with van der Waals surface area (Å²) >= 11 is 0. The Hall–Kier alpha value is -3.55. The SMILES string of the molecule is CN(C)c1ccc(C(C#N)=c2ccc(=C(C#N)C#N)cc2)cc1. The van der Waals surface area contributed by atoms with Gasteiger partial charge in [0.25, 0.3) is 0 Å². The number of anilines is 1. The molecule has 0 bridgehead atoms. The number of benzene rings is 2. The van der Waals surface area contributed by atoms with E-state index in [4.69, 9.17) is 10.5 Å². The molecule has 4 nitrogen and oxygen atoms in total. The molecule has 0 amide bonds. The summed E-state index contributed by atoms with van der Waals surface area (Å²) in [4.78, 5) is 1.99. The zero-order valence-corrected chi connectivity index (χ0v) is 12.9. The second kappa shape index (κ2) is 6.94. The van der Waals surface area contributed by atoms with E-state index in [2.05, 4.69) is 6.07 Å². The molecule has 0 heterocycles. The average molecular weight is 298 g/mol. The van der Waals surface area contributed by atoms with Gasteiger partial charge in [-0.05, 0) is 22.9 Å². The van der Waals surface area contributed by atoms with Crippen molar-refractivity contribution in [3.8, 4) is 18.2 Å². The van der Waals surface area contributed by atoms with Crippen LogP contribution in [-0.2, 0) is 0 Å². The van der Waals surface area contributed by atoms with Crippen molar-refractivity contribution in [2.45, 2.75) is 0 Å². The Kier molecular flexibility index (Phi) is 4.78. The van der Waals surface area contributed by atoms with Crippen LogP contribution >= 0.6 is 0 Å². The molecule has 0 saturated carbocycles. The van der Waals surface area contributed by atoms with Crippen molar-refractivity contribution in [2.75, 3.05) is 19.0 Å². The zero-order valence-electron chi connectivity index (χ0n) is 12.9. The van der Waals surface area contributed by atoms with Crippen molar-refractivity contribution >= 4 is 16.8 Å². The summed E-state index contributed by atoms with van der Waals surface area (Å²) in [6.07, 6.45) is 0. The van der Waals surface area contributed by atoms with Gasteiger partial charge in [-0.2, -0.15) is 15.8 Å². The van der Waals surface area contributed by atoms with E-state index < -0.39 is 0 Å². The molecule has 0 aliphatic rings. The van der Waals surface area contributed by atoms with Crippen molar-refractivity contribution in [2.24, 2.45) is 0 Å². The fourth-order valence-electron chi connectivity index (χ4n) is 2.18. The van der Waals surface area contributed by atoms with E-state index in [1.165, 1.54) is 0 Å². The Balaban J connectivity index is 2.59. The molecule has 0 spiro atoms. The molecule has 2 aromatic carbocycles. The predicted molar refractivity (Wildman–Crippen MR) is 89.2 cm³/mol. The Labute approximate surface area is 135 Å². The second-order valence-corrected chi connectivity index (χ2v) is 5.10. The van der Waals surface area contributed by atoms with E-state index in [0.717, 1.165) is 16.5 Å². The molecule has 2 rings (SSSR count). The number of nitrogens with zero attached hydrogens (tertiary/aromatic N) is 4. The van der Waals surface area contributed by atoms with Crippen LogP contribution in [0.3, 0.4) is 0 Å². The van der Waals surface area contributed by atoms with Crippen LogP contribution in [0.4, 0.5) is 5.69 Å². The van der Waals surface area contributed by atoms with Gasteiger partial charge in [0, 0.05) is 25.0 Å². The third kappa shape index (κ3) is 3.38. The van der Waals surface area contributed by atoms with Crippen LogP contribution in [0.2, 0.25) is 0 Å². The molecule has 23 heavy (non-hydrogen) atoms. The van der Waals surface area contributed by atoms with Gasteiger partial charge >= 0.3 is 0 Å². The standard InChI is InChI=1S/C19H14N4/c1-23(2)18-9-7-16(8-10-18)19(13-22)15-5-3-14(4-6-15)17(11-20)12-21/h3-10H,1-2H3. The predicted octanol–water partition coefficient (Wildman–Crippen LogP) is 1.67. The molecule has 0 N–H and O–H groups in total. The molecule has 4 heteroatoms. The molecule has 2 aromatic rings. The Bertz CT molecular complexity index is 923. The first-order chi connectivity index (χ1) is 11.1. The van der Waals surface area contributed by atoms with Crippen molar-refractivity contribution in [3.05, 3.63) is 64.5 Å². The van der Waals surface area contributed by atoms with E-state index in [0.29, 0.717) is 10.8 Å². The molecule has 0 radical (unpaired) electrons. The summed E-state index contributed by atoms with van der Waals surface area (Å²) in [5.74, 6) is 0. The van der Waals surface area contributed by atoms with Gasteiger partial charge in [0.2, 0.25) is 0 Å². The summed E-state index contributed by atoms with van der Waals surface area (Å²) in [7, 11) is 3.92. The molecule has 0 aliphatic carbocycles. The lowest BCUT2D eigenvalue weighted by atomic mass is 10.0. The summed E-state index contributed by atoms with van der Waals surface area (Å²) in [5, 5.41) is 28.5. The maximum atomic E-state index is 9.47. The van der Waals surface area contributed by atoms with Gasteiger partial charge in [-0.25, -0.2) is 0 Å². The zero-order chi connectivity index (χ0) is 16.8. The first-order valence-corrected chi connectivity index (χ1v) is 6.93. The van der Waals surface area contributed by atoms with Crippen LogP contribution in [0.25, 0.3) is 11.1 Å². The number of hydrogen-bond acceptors (Lipinski definition) is 4. The largest absolute Gasteiger partial charge is 0.378 e. The van der Waals surface area contributed by atoms with Crippen LogP contribution in [0.5, 0.6) is 0 Å². The lowest BCUT2D eigenvalue weighted by molar-refractivity contribution is 1.13. The van der Waals surface area contributed by atoms with E-state index in [-0.39, 0.29) is 5.57 Å². The first kappa shape index (κ1) is 15.8. The van der Waals surface area contributed by atoms with Crippen LogP contribution in [-0.4, -0.2) is 14.1 Å². The van der Waals surface area contributed by atoms with Crippen molar-refractivity contribution < 1.29 is 0 Å². The highest BCUT2D eigenvalue weighted by Gasteiger charge is 2.03. The van der Waals surface area contributed by atoms with Crippen molar-refractivity contribution in [1.82, 2.24) is 0 Å². The fourth-order valence-corrected chi connectivity index (χ4v) is 2.18. The normalized spacial score (nSPS) is 9.17. The topological polar surface area (TPSA) is 74.6 Å². The second-order valence-electron chi connectivity index (χ2n) is 5.10. The highest BCUT2D eigenvalue weighted by atomic mass is 15.1. The lowest BCUT2D eigenvalue weighted by Gasteiger charge is -2.12. The minimum atomic E-state index is 0.0605. The van der Waals surface area contributed by atoms with Gasteiger partial charge in [0.1, 0.15) is 23.8 Å². The maximum absolute atomic E-state index is 9.47. The monoisotopic (exact) mass is 298 g/mol. The van der Waals surface area contributed by atoms with E-state index in [9.17, 15) is 5.26 Å². The highest BCUT2D eigenvalue weighted by Crippen LogP contribution is 2.16. The molecule has 0 unspecified atom stereocenters. The smallest absolute Gasteiger partial charge is 0.136 e. The molecule has 0 aliphatic heterocycles. The van der Waals surface area contributed by atoms with E-state index in [1.807, 2.05) is 55.4 Å². The number of hydrogen-bond donors (Lipinski definition) is 0. The Morgan fingerprint density at radius 2 is 1.26 bits per heavy atom. The molecule has 0 fully saturated rings. The molecule has 0 saturated heterocycles. The minimum Gasteiger partial charge on any atom is -0.378 e. The first-order valence-electron chi connectivity index (χ1n) is 6.93. The highest BCUT2D eigenvalue weighted by molar-refractivity contribution is 5.77. The van der Waals surface area contributed by atoms with Crippen molar-refractivity contribution in [3.63, 3.8) is 0 Å². The third-order valence-electron chi connectivity index (χ3n) is 3.47. The van der Waals surface area contributed by atoms with Crippen LogP contribution < -0.4 is 15.3 Å². The molecule has 0 aromatic heterocycles. The Morgan fingerprint density at radius 1 is 0.739 bits per heavy atom. The summed E-state index contributed by atoms with van der Waals surface area (Å²) in [5.41, 5.74) is 2.50. The van der Waals surface area contributed by atoms with Crippen LogP contribution in [0.15, 0.2) is 48.5 Å². The minimum absolute atomic E-state index is 0.0605. The Morgan fingerprint density at radius 3 is 1.70 bits per heavy atom. The van der Waals surface area contributed by atoms with Crippen LogP contribution in [0.1, 0.15) is 5.56 Å². The fraction of sp³-hybridized carbons (Fsp3) is 0.105. The number of nitriles is 3. The quantitative estimate of drug-likeness (QED) is 0.845. The van der Waals surface area contributed by atoms with E-state index in [1.54, 1.807) is 24.3 Å². The van der Waals surface area contributed by atoms with Crippen molar-refractivity contribution in [1.29, 1.82) is 15.8 Å². The summed E-state index contributed by atoms with van der Waals surface area (Å²) in [6.45, 7) is 0. The summed E-state index contributed by atoms with van der Waals surface area (Å²) < 4.78 is 0. The molecule has 110 valence electrons. The van der Waals surface area contributed by atoms with Gasteiger partial charge in [-0.15, -0.1) is 0 Å². The van der Waals surface area contributed by atoms with Gasteiger partial charge < -0.3 is 4.90 Å². The molecular formula is C19H14N4. The lowest BCUT2D eigenvalue weighted by Crippen LogP contribution is -2.12. The van der Waals surface area contributed by atoms with Gasteiger partial charge in [0.05, 0.1) is 5.57 Å². The third-order valence-corrected chi connectivity index (χ3v) is 3.47. The van der Waals surface area contributed by atoms with Gasteiger partial charge in [-0.3, -0.25) is 0 Å². The van der Waals surface area contributed by atoms with E-state index >= 15 is 0 Å². The summed E-state index contributed by atoms with van der Waals surface area (Å²) in [6, 6.07) is 20.5.